The Bertz CT molecular complexity index is 468. The summed E-state index contributed by atoms with van der Waals surface area (Å²) in [5, 5.41) is 0. The zero-order chi connectivity index (χ0) is 11.9. The van der Waals surface area contributed by atoms with Crippen LogP contribution in [0.2, 0.25) is 0 Å². The molecule has 2 heterocycles. The summed E-state index contributed by atoms with van der Waals surface area (Å²) in [4.78, 5) is 20.0. The molecule has 0 radical (unpaired) electrons. The lowest BCUT2D eigenvalue weighted by atomic mass is 10.1. The molecule has 0 aliphatic carbocycles. The summed E-state index contributed by atoms with van der Waals surface area (Å²) in [5.74, 6) is 0.203. The Morgan fingerprint density at radius 3 is 2.18 bits per heavy atom. The number of carbonyl (C=O) groups excluding carboxylic acids is 1. The van der Waals surface area contributed by atoms with E-state index >= 15 is 0 Å². The van der Waals surface area contributed by atoms with Crippen molar-refractivity contribution in [3.8, 4) is 0 Å². The van der Waals surface area contributed by atoms with Crippen LogP contribution in [-0.2, 0) is 17.6 Å². The molecule has 0 aliphatic rings. The maximum absolute atomic E-state index is 11.7. The Kier molecular flexibility index (Phi) is 3.97. The number of carbonyl (C=O) groups is 1. The topological polar surface area (TPSA) is 42.9 Å². The van der Waals surface area contributed by atoms with Crippen molar-refractivity contribution in [1.29, 1.82) is 0 Å². The van der Waals surface area contributed by atoms with Crippen LogP contribution in [0.5, 0.6) is 0 Å². The average Bonchev–Trinajstić information content (AvgIpc) is 2.39. The van der Waals surface area contributed by atoms with Crippen LogP contribution in [0.15, 0.2) is 48.8 Å². The number of hydrogen-bond donors (Lipinski definition) is 0. The zero-order valence-corrected chi connectivity index (χ0v) is 9.54. The highest BCUT2D eigenvalue weighted by Gasteiger charge is 2.05. The molecule has 0 aliphatic heterocycles. The predicted molar refractivity (Wildman–Crippen MR) is 65.5 cm³/mol. The van der Waals surface area contributed by atoms with Crippen LogP contribution in [0.1, 0.15) is 17.8 Å². The molecule has 2 aromatic heterocycles. The largest absolute Gasteiger partial charge is 0.299 e. The number of hydrogen-bond acceptors (Lipinski definition) is 3. The van der Waals surface area contributed by atoms with Crippen LogP contribution in [-0.4, -0.2) is 15.8 Å². The molecule has 17 heavy (non-hydrogen) atoms. The van der Waals surface area contributed by atoms with Gasteiger partial charge in [0.2, 0.25) is 0 Å². The first-order valence-electron chi connectivity index (χ1n) is 5.66. The fourth-order valence-corrected chi connectivity index (χ4v) is 1.61. The fourth-order valence-electron chi connectivity index (χ4n) is 1.61. The van der Waals surface area contributed by atoms with Gasteiger partial charge in [-0.15, -0.1) is 0 Å². The second-order valence-electron chi connectivity index (χ2n) is 3.86. The molecular weight excluding hydrogens is 212 g/mol. The number of aromatic nitrogens is 2. The van der Waals surface area contributed by atoms with Crippen molar-refractivity contribution in [2.24, 2.45) is 0 Å². The van der Waals surface area contributed by atoms with E-state index in [0.29, 0.717) is 19.3 Å². The van der Waals surface area contributed by atoms with Gasteiger partial charge in [0.1, 0.15) is 5.78 Å². The van der Waals surface area contributed by atoms with Crippen molar-refractivity contribution < 1.29 is 4.79 Å². The molecule has 0 amide bonds. The summed E-state index contributed by atoms with van der Waals surface area (Å²) in [7, 11) is 0. The Morgan fingerprint density at radius 1 is 0.941 bits per heavy atom. The Morgan fingerprint density at radius 2 is 1.59 bits per heavy atom. The molecule has 2 aromatic rings. The Labute approximate surface area is 101 Å². The molecule has 0 spiro atoms. The summed E-state index contributed by atoms with van der Waals surface area (Å²) in [6.45, 7) is 0. The van der Waals surface area contributed by atoms with Crippen LogP contribution in [0, 0.1) is 0 Å². The zero-order valence-electron chi connectivity index (χ0n) is 9.54. The third kappa shape index (κ3) is 3.79. The number of rotatable bonds is 5. The van der Waals surface area contributed by atoms with E-state index < -0.39 is 0 Å². The molecule has 0 fully saturated rings. The smallest absolute Gasteiger partial charge is 0.139 e. The third-order valence-corrected chi connectivity index (χ3v) is 2.49. The van der Waals surface area contributed by atoms with Gasteiger partial charge in [-0.25, -0.2) is 0 Å². The van der Waals surface area contributed by atoms with E-state index in [-0.39, 0.29) is 5.78 Å². The van der Waals surface area contributed by atoms with E-state index in [1.54, 1.807) is 12.4 Å². The Balaban J connectivity index is 1.83. The first-order chi connectivity index (χ1) is 8.34. The maximum atomic E-state index is 11.7. The van der Waals surface area contributed by atoms with Crippen molar-refractivity contribution in [2.45, 2.75) is 19.3 Å². The summed E-state index contributed by atoms with van der Waals surface area (Å²) >= 11 is 0. The minimum absolute atomic E-state index is 0.203. The molecular formula is C14H14N2O. The maximum Gasteiger partial charge on any atom is 0.139 e. The highest BCUT2D eigenvalue weighted by atomic mass is 16.1. The van der Waals surface area contributed by atoms with Gasteiger partial charge >= 0.3 is 0 Å². The first kappa shape index (κ1) is 11.5. The second-order valence-corrected chi connectivity index (χ2v) is 3.86. The lowest BCUT2D eigenvalue weighted by molar-refractivity contribution is -0.118. The van der Waals surface area contributed by atoms with E-state index in [2.05, 4.69) is 9.97 Å². The van der Waals surface area contributed by atoms with Gasteiger partial charge in [-0.2, -0.15) is 0 Å². The first-order valence-corrected chi connectivity index (χ1v) is 5.66. The van der Waals surface area contributed by atoms with Crippen LogP contribution in [0.25, 0.3) is 0 Å². The molecule has 0 aromatic carbocycles. The predicted octanol–water partition coefficient (Wildman–Crippen LogP) is 2.22. The van der Waals surface area contributed by atoms with E-state index in [1.807, 2.05) is 36.4 Å². The van der Waals surface area contributed by atoms with Crippen molar-refractivity contribution in [3.63, 3.8) is 0 Å². The second kappa shape index (κ2) is 5.89. The minimum Gasteiger partial charge on any atom is -0.299 e. The molecule has 2 rings (SSSR count). The molecule has 0 saturated carbocycles. The minimum atomic E-state index is 0.203. The summed E-state index contributed by atoms with van der Waals surface area (Å²) in [6, 6.07) is 11.4. The fraction of sp³-hybridized carbons (Fsp3) is 0.214. The molecule has 0 N–H and O–H groups in total. The van der Waals surface area contributed by atoms with Gasteiger partial charge in [-0.3, -0.25) is 14.8 Å². The van der Waals surface area contributed by atoms with Gasteiger partial charge in [0.25, 0.3) is 0 Å². The summed E-state index contributed by atoms with van der Waals surface area (Å²) in [5.41, 5.74) is 1.79. The number of aryl methyl sites for hydroxylation is 1. The van der Waals surface area contributed by atoms with Crippen molar-refractivity contribution in [1.82, 2.24) is 9.97 Å². The van der Waals surface area contributed by atoms with Gasteiger partial charge in [0.15, 0.2) is 0 Å². The van der Waals surface area contributed by atoms with E-state index in [4.69, 9.17) is 0 Å². The van der Waals surface area contributed by atoms with E-state index in [9.17, 15) is 4.79 Å². The summed E-state index contributed by atoms with van der Waals surface area (Å²) in [6.07, 6.45) is 5.09. The normalized spacial score (nSPS) is 10.1. The highest BCUT2D eigenvalue weighted by Crippen LogP contribution is 2.03. The van der Waals surface area contributed by atoms with Gasteiger partial charge in [0.05, 0.1) is 0 Å². The van der Waals surface area contributed by atoms with Gasteiger partial charge in [0, 0.05) is 36.6 Å². The lowest BCUT2D eigenvalue weighted by Gasteiger charge is -2.00. The van der Waals surface area contributed by atoms with Crippen LogP contribution >= 0.6 is 0 Å². The van der Waals surface area contributed by atoms with Crippen molar-refractivity contribution in [3.05, 3.63) is 60.2 Å². The van der Waals surface area contributed by atoms with Gasteiger partial charge in [-0.05, 0) is 30.7 Å². The lowest BCUT2D eigenvalue weighted by Crippen LogP contribution is -2.06. The molecule has 0 saturated heterocycles. The van der Waals surface area contributed by atoms with Crippen LogP contribution in [0.4, 0.5) is 0 Å². The van der Waals surface area contributed by atoms with Gasteiger partial charge in [-0.1, -0.05) is 12.1 Å². The Hall–Kier alpha value is -2.03. The molecule has 86 valence electrons. The van der Waals surface area contributed by atoms with E-state index in [1.165, 1.54) is 0 Å². The van der Waals surface area contributed by atoms with Gasteiger partial charge < -0.3 is 0 Å². The number of ketones is 1. The number of pyridine rings is 2. The number of Topliss-reactive ketones (excluding diaryl/α,β-unsaturated/α-hetero) is 1. The van der Waals surface area contributed by atoms with Crippen molar-refractivity contribution in [2.75, 3.05) is 0 Å². The highest BCUT2D eigenvalue weighted by molar-refractivity contribution is 5.80. The average molecular weight is 226 g/mol. The van der Waals surface area contributed by atoms with Crippen LogP contribution < -0.4 is 0 Å². The van der Waals surface area contributed by atoms with E-state index in [0.717, 1.165) is 11.4 Å². The molecule has 0 unspecified atom stereocenters. The number of nitrogens with zero attached hydrogens (tertiary/aromatic N) is 2. The molecule has 3 heteroatoms. The SMILES string of the molecule is O=C(CCc1ccccn1)Cc1ccccn1. The molecule has 0 atom stereocenters. The standard InChI is InChI=1S/C14H14N2O/c17-14(11-13-6-2-4-10-16-13)8-7-12-5-1-3-9-15-12/h1-6,9-10H,7-8,11H2. The van der Waals surface area contributed by atoms with Crippen LogP contribution in [0.3, 0.4) is 0 Å². The van der Waals surface area contributed by atoms with Crippen molar-refractivity contribution >= 4 is 5.78 Å². The quantitative estimate of drug-likeness (QED) is 0.785. The molecule has 0 bridgehead atoms. The summed E-state index contributed by atoms with van der Waals surface area (Å²) < 4.78 is 0. The molecule has 3 nitrogen and oxygen atoms in total. The monoisotopic (exact) mass is 226 g/mol. The third-order valence-electron chi connectivity index (χ3n) is 2.49.